The number of nitrogens with zero attached hydrogens (tertiary/aromatic N) is 2. The summed E-state index contributed by atoms with van der Waals surface area (Å²) >= 11 is 0. The molecule has 0 amide bonds. The summed E-state index contributed by atoms with van der Waals surface area (Å²) in [5, 5.41) is 8.88. The third-order valence-electron chi connectivity index (χ3n) is 3.27. The van der Waals surface area contributed by atoms with Crippen molar-refractivity contribution in [3.8, 4) is 6.07 Å². The average Bonchev–Trinajstić information content (AvgIpc) is 3.33. The van der Waals surface area contributed by atoms with Gasteiger partial charge in [-0.25, -0.2) is 0 Å². The lowest BCUT2D eigenvalue weighted by atomic mass is 9.94. The van der Waals surface area contributed by atoms with Gasteiger partial charge in [-0.05, 0) is 38.0 Å². The highest BCUT2D eigenvalue weighted by Gasteiger charge is 2.33. The zero-order chi connectivity index (χ0) is 16.4. The minimum absolute atomic E-state index is 0.341. The van der Waals surface area contributed by atoms with Crippen LogP contribution in [-0.4, -0.2) is 18.4 Å². The van der Waals surface area contributed by atoms with Crippen molar-refractivity contribution in [1.82, 2.24) is 4.90 Å². The Hall–Kier alpha value is -2.54. The SMILES string of the molecule is C=C(/C=C\C=C/C)OC=O.CN1C=CC(C2CC2)C(C#N)=C1. The standard InChI is InChI=1S/C10H12N2.C8H10O2/c1-12-5-4-10(8-2-3-8)9(6-11)7-12;1-3-4-5-6-8(2)10-7-9/h4-5,7-8,10H,2-3H2,1H3;3-7H,2H2,1H3/b;4-3-,6-5-. The fourth-order valence-corrected chi connectivity index (χ4v) is 2.03. The number of nitriles is 1. The first-order valence-electron chi connectivity index (χ1n) is 7.23. The topological polar surface area (TPSA) is 53.3 Å². The molecule has 4 nitrogen and oxygen atoms in total. The number of carbonyl (C=O) groups is 1. The molecule has 1 aliphatic heterocycles. The summed E-state index contributed by atoms with van der Waals surface area (Å²) in [4.78, 5) is 11.7. The maximum absolute atomic E-state index is 9.71. The molecule has 2 aliphatic rings. The predicted octanol–water partition coefficient (Wildman–Crippen LogP) is 3.68. The summed E-state index contributed by atoms with van der Waals surface area (Å²) in [5.41, 5.74) is 0.919. The van der Waals surface area contributed by atoms with Gasteiger partial charge >= 0.3 is 0 Å². The molecule has 0 aromatic heterocycles. The molecule has 1 saturated carbocycles. The number of ether oxygens (including phenoxy) is 1. The van der Waals surface area contributed by atoms with E-state index in [9.17, 15) is 4.79 Å². The van der Waals surface area contributed by atoms with Gasteiger partial charge in [-0.2, -0.15) is 5.26 Å². The highest BCUT2D eigenvalue weighted by atomic mass is 16.5. The number of allylic oxidation sites excluding steroid dienone is 6. The highest BCUT2D eigenvalue weighted by Crippen LogP contribution is 2.42. The van der Waals surface area contributed by atoms with Crippen LogP contribution in [0.5, 0.6) is 0 Å². The van der Waals surface area contributed by atoms with E-state index in [1.165, 1.54) is 12.8 Å². The van der Waals surface area contributed by atoms with Gasteiger partial charge in [0.25, 0.3) is 6.47 Å². The molecule has 0 aromatic rings. The minimum atomic E-state index is 0.341. The van der Waals surface area contributed by atoms with E-state index in [1.54, 1.807) is 12.2 Å². The molecule has 1 unspecified atom stereocenters. The van der Waals surface area contributed by atoms with E-state index in [0.29, 0.717) is 18.1 Å². The molecule has 1 fully saturated rings. The molecular weight excluding hydrogens is 276 g/mol. The number of rotatable bonds is 5. The number of hydrogen-bond donors (Lipinski definition) is 0. The van der Waals surface area contributed by atoms with Crippen molar-refractivity contribution in [3.05, 3.63) is 60.7 Å². The summed E-state index contributed by atoms with van der Waals surface area (Å²) in [7, 11) is 1.96. The second kappa shape index (κ2) is 9.41. The molecular formula is C18H22N2O2. The molecule has 0 N–H and O–H groups in total. The van der Waals surface area contributed by atoms with Crippen LogP contribution in [0.2, 0.25) is 0 Å². The Morgan fingerprint density at radius 1 is 1.50 bits per heavy atom. The van der Waals surface area contributed by atoms with Gasteiger partial charge in [-0.1, -0.05) is 30.9 Å². The second-order valence-electron chi connectivity index (χ2n) is 5.13. The molecule has 2 rings (SSSR count). The van der Waals surface area contributed by atoms with E-state index in [1.807, 2.05) is 43.4 Å². The normalized spacial score (nSPS) is 20.1. The Kier molecular flexibility index (Phi) is 7.49. The molecule has 4 heteroatoms. The van der Waals surface area contributed by atoms with Crippen molar-refractivity contribution in [2.75, 3.05) is 7.05 Å². The highest BCUT2D eigenvalue weighted by molar-refractivity contribution is 5.41. The second-order valence-corrected chi connectivity index (χ2v) is 5.13. The molecule has 0 radical (unpaired) electrons. The fraction of sp³-hybridized carbons (Fsp3) is 0.333. The zero-order valence-electron chi connectivity index (χ0n) is 13.1. The lowest BCUT2D eigenvalue weighted by Crippen LogP contribution is -2.14. The van der Waals surface area contributed by atoms with E-state index in [0.717, 1.165) is 11.5 Å². The summed E-state index contributed by atoms with van der Waals surface area (Å²) in [6.45, 7) is 5.69. The average molecular weight is 298 g/mol. The van der Waals surface area contributed by atoms with Gasteiger partial charge in [0.1, 0.15) is 5.76 Å². The molecule has 0 saturated heterocycles. The van der Waals surface area contributed by atoms with Gasteiger partial charge in [0, 0.05) is 19.2 Å². The van der Waals surface area contributed by atoms with Crippen molar-refractivity contribution >= 4 is 6.47 Å². The third kappa shape index (κ3) is 6.27. The van der Waals surface area contributed by atoms with Crippen LogP contribution in [0.15, 0.2) is 60.7 Å². The van der Waals surface area contributed by atoms with Gasteiger partial charge in [-0.15, -0.1) is 0 Å². The molecule has 0 bridgehead atoms. The Morgan fingerprint density at radius 2 is 2.23 bits per heavy atom. The van der Waals surface area contributed by atoms with Crippen LogP contribution in [0.25, 0.3) is 0 Å². The maximum atomic E-state index is 9.71. The molecule has 0 spiro atoms. The fourth-order valence-electron chi connectivity index (χ4n) is 2.03. The summed E-state index contributed by atoms with van der Waals surface area (Å²) in [6.07, 6.45) is 15.7. The van der Waals surface area contributed by atoms with Crippen LogP contribution in [0, 0.1) is 23.2 Å². The maximum Gasteiger partial charge on any atom is 0.298 e. The van der Waals surface area contributed by atoms with Crippen molar-refractivity contribution < 1.29 is 9.53 Å². The number of hydrogen-bond acceptors (Lipinski definition) is 4. The van der Waals surface area contributed by atoms with Crippen molar-refractivity contribution in [1.29, 1.82) is 5.26 Å². The molecule has 0 aromatic carbocycles. The van der Waals surface area contributed by atoms with Crippen molar-refractivity contribution in [2.45, 2.75) is 19.8 Å². The smallest absolute Gasteiger partial charge is 0.298 e. The van der Waals surface area contributed by atoms with Gasteiger partial charge in [0.15, 0.2) is 0 Å². The van der Waals surface area contributed by atoms with Gasteiger partial charge in [0.05, 0.1) is 11.6 Å². The van der Waals surface area contributed by atoms with Crippen molar-refractivity contribution in [2.24, 2.45) is 11.8 Å². The first-order chi connectivity index (χ1) is 10.6. The molecule has 116 valence electrons. The van der Waals surface area contributed by atoms with E-state index < -0.39 is 0 Å². The molecule has 1 atom stereocenters. The van der Waals surface area contributed by atoms with E-state index in [-0.39, 0.29) is 0 Å². The molecule has 22 heavy (non-hydrogen) atoms. The van der Waals surface area contributed by atoms with Crippen LogP contribution in [0.3, 0.4) is 0 Å². The van der Waals surface area contributed by atoms with Crippen molar-refractivity contribution in [3.63, 3.8) is 0 Å². The monoisotopic (exact) mass is 298 g/mol. The lowest BCUT2D eigenvalue weighted by Gasteiger charge is -2.19. The Morgan fingerprint density at radius 3 is 2.77 bits per heavy atom. The quantitative estimate of drug-likeness (QED) is 0.441. The van der Waals surface area contributed by atoms with Gasteiger partial charge in [-0.3, -0.25) is 4.79 Å². The summed E-state index contributed by atoms with van der Waals surface area (Å²) in [6, 6.07) is 2.27. The van der Waals surface area contributed by atoms with Crippen LogP contribution in [-0.2, 0) is 9.53 Å². The van der Waals surface area contributed by atoms with Gasteiger partial charge < -0.3 is 9.64 Å². The Balaban J connectivity index is 0.000000225. The van der Waals surface area contributed by atoms with E-state index in [2.05, 4.69) is 23.5 Å². The first-order valence-corrected chi connectivity index (χ1v) is 7.23. The molecule has 1 heterocycles. The van der Waals surface area contributed by atoms with Gasteiger partial charge in [0.2, 0.25) is 0 Å². The zero-order valence-corrected chi connectivity index (χ0v) is 13.1. The number of carbonyl (C=O) groups excluding carboxylic acids is 1. The first kappa shape index (κ1) is 17.5. The Labute approximate surface area is 132 Å². The summed E-state index contributed by atoms with van der Waals surface area (Å²) < 4.78 is 4.39. The van der Waals surface area contributed by atoms with Crippen LogP contribution in [0.4, 0.5) is 0 Å². The molecule has 1 aliphatic carbocycles. The van der Waals surface area contributed by atoms with Crippen LogP contribution >= 0.6 is 0 Å². The minimum Gasteiger partial charge on any atom is -0.429 e. The Bertz CT molecular complexity index is 546. The summed E-state index contributed by atoms with van der Waals surface area (Å²) in [5.74, 6) is 1.50. The van der Waals surface area contributed by atoms with Crippen LogP contribution in [0.1, 0.15) is 19.8 Å². The largest absolute Gasteiger partial charge is 0.429 e. The van der Waals surface area contributed by atoms with Crippen LogP contribution < -0.4 is 0 Å². The van der Waals surface area contributed by atoms with E-state index >= 15 is 0 Å². The third-order valence-corrected chi connectivity index (χ3v) is 3.27. The lowest BCUT2D eigenvalue weighted by molar-refractivity contribution is -0.124. The van der Waals surface area contributed by atoms with E-state index in [4.69, 9.17) is 5.26 Å². The predicted molar refractivity (Wildman–Crippen MR) is 87.1 cm³/mol.